The molecule has 3 heterocycles. The van der Waals surface area contributed by atoms with Gasteiger partial charge in [0.1, 0.15) is 88.1 Å². The van der Waals surface area contributed by atoms with Crippen molar-refractivity contribution in [2.75, 3.05) is 75.3 Å². The Labute approximate surface area is 736 Å². The number of carbonyl (C=O) groups excluding carboxylic acids is 1. The second kappa shape index (κ2) is 50.1. The number of anilines is 3. The molecule has 0 amide bonds. The highest BCUT2D eigenvalue weighted by Crippen LogP contribution is 2.44. The van der Waals surface area contributed by atoms with Crippen molar-refractivity contribution in [1.82, 2.24) is 0 Å². The fourth-order valence-electron chi connectivity index (χ4n) is 13.6. The molecule has 638 valence electrons. The van der Waals surface area contributed by atoms with Crippen molar-refractivity contribution in [3.8, 4) is 59.7 Å². The van der Waals surface area contributed by atoms with E-state index in [9.17, 15) is 25.8 Å². The summed E-state index contributed by atoms with van der Waals surface area (Å²) in [5.41, 5.74) is 12.3. The van der Waals surface area contributed by atoms with Crippen molar-refractivity contribution >= 4 is 72.0 Å². The molecule has 0 atom stereocenters. The normalized spacial score (nSPS) is 14.2. The monoisotopic (exact) mass is 1660 g/mol. The topological polar surface area (TPSA) is 257 Å². The predicted octanol–water partition coefficient (Wildman–Crippen LogP) is 25.2. The molecule has 6 aromatic carbocycles. The Kier molecular flexibility index (Phi) is 39.8. The minimum atomic E-state index is -0.837. The molecule has 0 saturated heterocycles. The van der Waals surface area contributed by atoms with Crippen LogP contribution in [0.2, 0.25) is 0 Å². The zero-order chi connectivity index (χ0) is 90.8. The number of allylic oxidation sites excluding steroid dienone is 5. The third kappa shape index (κ3) is 27.6. The van der Waals surface area contributed by atoms with Gasteiger partial charge in [0, 0.05) is 108 Å². The van der Waals surface area contributed by atoms with Crippen LogP contribution < -0.4 is 28.9 Å². The quantitative estimate of drug-likeness (QED) is 0.0155. The summed E-state index contributed by atoms with van der Waals surface area (Å²) in [6, 6.07) is 56.0. The number of carbonyl (C=O) groups is 1. The minimum Gasteiger partial charge on any atom is -0.505 e. The molecule has 0 unspecified atom stereocenters. The summed E-state index contributed by atoms with van der Waals surface area (Å²) >= 11 is 0. The van der Waals surface area contributed by atoms with Crippen molar-refractivity contribution in [3.05, 3.63) is 280 Å². The van der Waals surface area contributed by atoms with E-state index < -0.39 is 16.8 Å². The van der Waals surface area contributed by atoms with Gasteiger partial charge in [-0.05, 0) is 157 Å². The molecule has 9 rings (SSSR count). The standard InChI is InChI=1S/2C35H38N4O2.C24H31NO2.C11H9N3O/c1-8-10-22-39(23-11-9-2)29-20-19-28(32(24-29)40-7)18-16-26-12-14-27(15-13-26)17-21-30-33(38-6)34(31(25-36)37-5)41-35(30,3)4;1-6-8-20-39(21-9-7-2)30-18-17-28(33(22-30)40-5)16-14-26-10-12-27(13-11-26)15-19-32-31(25-38)34(29(23-36)24-37)41-35(32,3)4;1-4-6-16-25(17-7-5-2)23-15-14-22(24(18-23)27-3)13-12-20-8-10-21(19-26)11-9-20;1-7-9(6-14)10(8(4-12)5-13)15-11(7,2)3/h12-21,24H,8-11,22-23H2,1-4,7H3;10-19,22H,6-9,20-21H2,1-5H3;8-15,18-19H,4-7,16-17H2,1-3H3;1-3H3/b18-16+,21-17+,34-31+;16-14+,19-15+;13-12+;. The SMILES string of the molecule is CC1=C(C#N)C(=C(C#N)C#N)OC1(C)C.CCCCN(CCCC)c1ccc(/C=C/c2ccc(/C=C/C3=C(C#N)C(=C(C#N)C#N)OC3(C)C)cc2)c(OC)c1.CCCCN(CCCC)c1ccc(/C=C/c2ccc(C=O)cc2)c(OC)c1.[C-]#[N+]C1=C(/C=C/c2ccc(/C=C/c3ccc(N(CCCC)CCCC)cc3OC)cc2)C(C)(C)O/C1=C(\C#N)[N+]#[C-]. The van der Waals surface area contributed by atoms with Crippen LogP contribution in [0.5, 0.6) is 17.2 Å². The Bertz CT molecular complexity index is 5160. The molecule has 0 bridgehead atoms. The number of rotatable bonds is 35. The van der Waals surface area contributed by atoms with Crippen LogP contribution in [0.1, 0.15) is 222 Å². The fourth-order valence-corrected chi connectivity index (χ4v) is 13.6. The van der Waals surface area contributed by atoms with Gasteiger partial charge in [0.15, 0.2) is 22.7 Å². The van der Waals surface area contributed by atoms with E-state index in [2.05, 4.69) is 157 Å². The van der Waals surface area contributed by atoms with E-state index in [0.29, 0.717) is 16.7 Å². The molecule has 3 aliphatic rings. The lowest BCUT2D eigenvalue weighted by molar-refractivity contribution is 0.0927. The Balaban J connectivity index is 0.000000270. The van der Waals surface area contributed by atoms with Crippen molar-refractivity contribution < 1.29 is 33.2 Å². The van der Waals surface area contributed by atoms with Crippen LogP contribution in [-0.4, -0.2) is 83.7 Å². The number of hydrogen-bond donors (Lipinski definition) is 0. The van der Waals surface area contributed by atoms with Gasteiger partial charge < -0.3 is 43.1 Å². The number of nitriles is 7. The second-order valence-corrected chi connectivity index (χ2v) is 31.1. The van der Waals surface area contributed by atoms with Gasteiger partial charge in [-0.15, -0.1) is 0 Å². The van der Waals surface area contributed by atoms with Gasteiger partial charge in [-0.25, -0.2) is 15.0 Å². The summed E-state index contributed by atoms with van der Waals surface area (Å²) in [7, 11) is 5.15. The summed E-state index contributed by atoms with van der Waals surface area (Å²) in [6.45, 7) is 47.2. The Morgan fingerprint density at radius 1 is 0.387 bits per heavy atom. The molecule has 0 radical (unpaired) electrons. The molecule has 19 nitrogen and oxygen atoms in total. The first-order valence-electron chi connectivity index (χ1n) is 42.3. The van der Waals surface area contributed by atoms with E-state index >= 15 is 0 Å². The average molecular weight is 1660 g/mol. The van der Waals surface area contributed by atoms with E-state index in [4.69, 9.17) is 57.4 Å². The van der Waals surface area contributed by atoms with Crippen LogP contribution >= 0.6 is 0 Å². The average Bonchev–Trinajstić information content (AvgIpc) is 1.64. The maximum atomic E-state index is 10.8. The Hall–Kier alpha value is -14.3. The van der Waals surface area contributed by atoms with Gasteiger partial charge in [-0.2, -0.15) is 31.6 Å². The molecule has 3 aliphatic heterocycles. The lowest BCUT2D eigenvalue weighted by Gasteiger charge is -2.25. The molecule has 0 fully saturated rings. The van der Waals surface area contributed by atoms with Gasteiger partial charge in [0.2, 0.25) is 5.70 Å². The highest BCUT2D eigenvalue weighted by molar-refractivity contribution is 5.80. The highest BCUT2D eigenvalue weighted by Gasteiger charge is 2.41. The maximum Gasteiger partial charge on any atom is 0.292 e. The van der Waals surface area contributed by atoms with E-state index in [1.54, 1.807) is 54.2 Å². The number of nitrogens with zero attached hydrogens (tertiary/aromatic N) is 12. The third-order valence-electron chi connectivity index (χ3n) is 21.1. The molecule has 0 spiro atoms. The first-order chi connectivity index (χ1) is 59.8. The summed E-state index contributed by atoms with van der Waals surface area (Å²) in [5, 5.41) is 63.9. The molecule has 124 heavy (non-hydrogen) atoms. The number of methoxy groups -OCH3 is 3. The van der Waals surface area contributed by atoms with Gasteiger partial charge in [-0.3, -0.25) is 4.79 Å². The van der Waals surface area contributed by atoms with Crippen LogP contribution in [0.3, 0.4) is 0 Å². The van der Waals surface area contributed by atoms with E-state index in [1.807, 2.05) is 155 Å². The van der Waals surface area contributed by atoms with E-state index in [-0.39, 0.29) is 51.0 Å². The van der Waals surface area contributed by atoms with Crippen LogP contribution in [0.25, 0.3) is 58.3 Å². The molecule has 6 aromatic rings. The predicted molar refractivity (Wildman–Crippen MR) is 500 cm³/mol. The summed E-state index contributed by atoms with van der Waals surface area (Å²) in [6.07, 6.45) is 34.8. The molecule has 0 saturated carbocycles. The van der Waals surface area contributed by atoms with Crippen molar-refractivity contribution in [2.24, 2.45) is 0 Å². The van der Waals surface area contributed by atoms with Crippen LogP contribution in [0.4, 0.5) is 17.1 Å². The van der Waals surface area contributed by atoms with Crippen molar-refractivity contribution in [1.29, 1.82) is 36.8 Å². The zero-order valence-corrected chi connectivity index (χ0v) is 74.9. The highest BCUT2D eigenvalue weighted by atomic mass is 16.5. The molecule has 0 aliphatic carbocycles. The first kappa shape index (κ1) is 98.6. The lowest BCUT2D eigenvalue weighted by Crippen LogP contribution is -2.25. The number of unbranched alkanes of at least 4 members (excludes halogenated alkanes) is 6. The lowest BCUT2D eigenvalue weighted by atomic mass is 9.94. The number of aldehydes is 1. The largest absolute Gasteiger partial charge is 0.505 e. The van der Waals surface area contributed by atoms with E-state index in [1.165, 1.54) is 94.1 Å². The Morgan fingerprint density at radius 2 is 0.677 bits per heavy atom. The number of hydrogen-bond acceptors (Lipinski definition) is 17. The van der Waals surface area contributed by atoms with Gasteiger partial charge in [0.05, 0.1) is 46.1 Å². The number of ether oxygens (including phenoxy) is 6. The van der Waals surface area contributed by atoms with Gasteiger partial charge in [0.25, 0.3) is 5.70 Å². The molecular weight excluding hydrogens is 1540 g/mol. The second-order valence-electron chi connectivity index (χ2n) is 31.1. The fraction of sp³-hybridized carbons (Fsp3) is 0.352. The van der Waals surface area contributed by atoms with Gasteiger partial charge >= 0.3 is 0 Å². The molecule has 0 N–H and O–H groups in total. The summed E-state index contributed by atoms with van der Waals surface area (Å²) in [5.74, 6) is 2.79. The first-order valence-corrected chi connectivity index (χ1v) is 42.3. The van der Waals surface area contributed by atoms with Crippen LogP contribution in [0, 0.1) is 92.5 Å². The third-order valence-corrected chi connectivity index (χ3v) is 21.1. The van der Waals surface area contributed by atoms with Crippen LogP contribution in [0.15, 0.2) is 207 Å². The number of benzene rings is 6. The van der Waals surface area contributed by atoms with Crippen LogP contribution in [-0.2, 0) is 14.2 Å². The molecular formula is C105H116N12O7. The van der Waals surface area contributed by atoms with Gasteiger partial charge in [-0.1, -0.05) is 214 Å². The maximum absolute atomic E-state index is 10.8. The summed E-state index contributed by atoms with van der Waals surface area (Å²) in [4.78, 5) is 24.9. The molecule has 0 aromatic heterocycles. The zero-order valence-electron chi connectivity index (χ0n) is 74.9. The van der Waals surface area contributed by atoms with E-state index in [0.717, 1.165) is 113 Å². The smallest absolute Gasteiger partial charge is 0.292 e. The minimum absolute atomic E-state index is 0.0423. The van der Waals surface area contributed by atoms with Crippen molar-refractivity contribution in [2.45, 2.75) is 184 Å². The summed E-state index contributed by atoms with van der Waals surface area (Å²) < 4.78 is 34.3. The van der Waals surface area contributed by atoms with Crippen molar-refractivity contribution in [3.63, 3.8) is 0 Å². The molecule has 19 heteroatoms. The Morgan fingerprint density at radius 3 is 0.960 bits per heavy atom.